The van der Waals surface area contributed by atoms with Gasteiger partial charge in [-0.1, -0.05) is 25.7 Å². The van der Waals surface area contributed by atoms with Crippen molar-refractivity contribution in [3.05, 3.63) is 29.6 Å². The minimum atomic E-state index is 0.0384. The zero-order valence-electron chi connectivity index (χ0n) is 12.7. The van der Waals surface area contributed by atoms with Gasteiger partial charge in [0.05, 0.1) is 12.2 Å². The summed E-state index contributed by atoms with van der Waals surface area (Å²) in [4.78, 5) is 18.5. The standard InChI is InChI=1S/C17H22N2O2/c1-13(2)15-6-7-19(12-15)17(21)16-9-14(10-18-11-16)5-3-4-8-20/h9-11,13,15,20H,4,6-8,12H2,1-2H3. The first-order chi connectivity index (χ1) is 10.1. The molecule has 0 aliphatic carbocycles. The second-order valence-corrected chi connectivity index (χ2v) is 5.78. The zero-order valence-corrected chi connectivity index (χ0v) is 12.7. The molecule has 0 saturated carbocycles. The van der Waals surface area contributed by atoms with Crippen molar-refractivity contribution >= 4 is 5.91 Å². The summed E-state index contributed by atoms with van der Waals surface area (Å²) >= 11 is 0. The first kappa shape index (κ1) is 15.5. The molecule has 1 fully saturated rings. The number of aromatic nitrogens is 1. The number of carbonyl (C=O) groups excluding carboxylic acids is 1. The summed E-state index contributed by atoms with van der Waals surface area (Å²) in [7, 11) is 0. The van der Waals surface area contributed by atoms with Crippen molar-refractivity contribution in [1.29, 1.82) is 0 Å². The van der Waals surface area contributed by atoms with Crippen molar-refractivity contribution in [2.24, 2.45) is 11.8 Å². The lowest BCUT2D eigenvalue weighted by Gasteiger charge is -2.18. The van der Waals surface area contributed by atoms with Gasteiger partial charge in [0, 0.05) is 37.5 Å². The van der Waals surface area contributed by atoms with Gasteiger partial charge >= 0.3 is 0 Å². The molecule has 2 rings (SSSR count). The minimum absolute atomic E-state index is 0.0384. The Hall–Kier alpha value is -1.86. The predicted octanol–water partition coefficient (Wildman–Crippen LogP) is 1.93. The SMILES string of the molecule is CC(C)C1CCN(C(=O)c2cncc(C#CCCO)c2)C1. The van der Waals surface area contributed by atoms with E-state index < -0.39 is 0 Å². The fourth-order valence-corrected chi connectivity index (χ4v) is 2.54. The third kappa shape index (κ3) is 4.05. The summed E-state index contributed by atoms with van der Waals surface area (Å²) in [6, 6.07) is 1.78. The van der Waals surface area contributed by atoms with Crippen LogP contribution in [0.5, 0.6) is 0 Å². The molecule has 1 unspecified atom stereocenters. The molecule has 112 valence electrons. The van der Waals surface area contributed by atoms with Gasteiger partial charge in [-0.2, -0.15) is 0 Å². The molecule has 1 atom stereocenters. The Morgan fingerprint density at radius 1 is 1.52 bits per heavy atom. The molecule has 1 aromatic heterocycles. The molecule has 1 saturated heterocycles. The molecular weight excluding hydrogens is 264 g/mol. The number of hydrogen-bond donors (Lipinski definition) is 1. The van der Waals surface area contributed by atoms with E-state index in [0.29, 0.717) is 29.4 Å². The number of amides is 1. The van der Waals surface area contributed by atoms with Crippen LogP contribution in [0, 0.1) is 23.7 Å². The Morgan fingerprint density at radius 2 is 2.33 bits per heavy atom. The largest absolute Gasteiger partial charge is 0.395 e. The molecule has 1 aromatic rings. The van der Waals surface area contributed by atoms with E-state index in [1.165, 1.54) is 0 Å². The lowest BCUT2D eigenvalue weighted by Crippen LogP contribution is -2.29. The second kappa shape index (κ2) is 7.24. The van der Waals surface area contributed by atoms with Crippen molar-refractivity contribution < 1.29 is 9.90 Å². The molecule has 0 aromatic carbocycles. The van der Waals surface area contributed by atoms with E-state index in [4.69, 9.17) is 5.11 Å². The number of hydrogen-bond acceptors (Lipinski definition) is 3. The van der Waals surface area contributed by atoms with Gasteiger partial charge in [-0.05, 0) is 24.3 Å². The topological polar surface area (TPSA) is 53.4 Å². The van der Waals surface area contributed by atoms with Crippen molar-refractivity contribution in [1.82, 2.24) is 9.88 Å². The van der Waals surface area contributed by atoms with Crippen molar-refractivity contribution in [3.8, 4) is 11.8 Å². The molecule has 0 bridgehead atoms. The number of aliphatic hydroxyl groups is 1. The van der Waals surface area contributed by atoms with Crippen LogP contribution in [0.3, 0.4) is 0 Å². The van der Waals surface area contributed by atoms with Gasteiger partial charge in [0.15, 0.2) is 0 Å². The van der Waals surface area contributed by atoms with Crippen LogP contribution in [0.15, 0.2) is 18.5 Å². The highest BCUT2D eigenvalue weighted by molar-refractivity contribution is 5.94. The van der Waals surface area contributed by atoms with Gasteiger partial charge in [-0.15, -0.1) is 0 Å². The van der Waals surface area contributed by atoms with E-state index >= 15 is 0 Å². The maximum atomic E-state index is 12.5. The maximum absolute atomic E-state index is 12.5. The van der Waals surface area contributed by atoms with Crippen LogP contribution < -0.4 is 0 Å². The quantitative estimate of drug-likeness (QED) is 0.864. The fourth-order valence-electron chi connectivity index (χ4n) is 2.54. The number of nitrogens with zero attached hydrogens (tertiary/aromatic N) is 2. The third-order valence-electron chi connectivity index (χ3n) is 3.91. The van der Waals surface area contributed by atoms with Gasteiger partial charge in [-0.25, -0.2) is 0 Å². The summed E-state index contributed by atoms with van der Waals surface area (Å²) in [5, 5.41) is 8.72. The maximum Gasteiger partial charge on any atom is 0.255 e. The summed E-state index contributed by atoms with van der Waals surface area (Å²) < 4.78 is 0. The molecule has 0 spiro atoms. The lowest BCUT2D eigenvalue weighted by atomic mass is 9.95. The molecule has 21 heavy (non-hydrogen) atoms. The Labute approximate surface area is 126 Å². The van der Waals surface area contributed by atoms with Gasteiger partial charge in [0.2, 0.25) is 0 Å². The normalized spacial score (nSPS) is 17.7. The third-order valence-corrected chi connectivity index (χ3v) is 3.91. The molecule has 1 amide bonds. The van der Waals surface area contributed by atoms with E-state index in [0.717, 1.165) is 19.5 Å². The Kier molecular flexibility index (Phi) is 5.35. The molecule has 2 heterocycles. The van der Waals surface area contributed by atoms with Crippen molar-refractivity contribution in [2.45, 2.75) is 26.7 Å². The summed E-state index contributed by atoms with van der Waals surface area (Å²) in [6.07, 6.45) is 4.75. The molecule has 4 nitrogen and oxygen atoms in total. The van der Waals surface area contributed by atoms with Crippen LogP contribution in [0.1, 0.15) is 42.6 Å². The monoisotopic (exact) mass is 286 g/mol. The van der Waals surface area contributed by atoms with Crippen LogP contribution >= 0.6 is 0 Å². The molecular formula is C17H22N2O2. The van der Waals surface area contributed by atoms with E-state index in [1.54, 1.807) is 18.5 Å². The van der Waals surface area contributed by atoms with Crippen LogP contribution in [0.4, 0.5) is 0 Å². The average Bonchev–Trinajstić information content (AvgIpc) is 2.97. The predicted molar refractivity (Wildman–Crippen MR) is 81.7 cm³/mol. The number of rotatable bonds is 3. The fraction of sp³-hybridized carbons (Fsp3) is 0.529. The van der Waals surface area contributed by atoms with E-state index in [-0.39, 0.29) is 12.5 Å². The summed E-state index contributed by atoms with van der Waals surface area (Å²) in [6.45, 7) is 6.11. The number of carbonyl (C=O) groups is 1. The lowest BCUT2D eigenvalue weighted by molar-refractivity contribution is 0.0783. The Morgan fingerprint density at radius 3 is 3.00 bits per heavy atom. The summed E-state index contributed by atoms with van der Waals surface area (Å²) in [5.74, 6) is 7.00. The molecule has 1 aliphatic heterocycles. The first-order valence-electron chi connectivity index (χ1n) is 7.46. The number of aliphatic hydroxyl groups excluding tert-OH is 1. The summed E-state index contributed by atoms with van der Waals surface area (Å²) in [5.41, 5.74) is 1.31. The molecule has 1 aliphatic rings. The Balaban J connectivity index is 2.07. The van der Waals surface area contributed by atoms with Gasteiger partial charge in [-0.3, -0.25) is 9.78 Å². The van der Waals surface area contributed by atoms with Crippen molar-refractivity contribution in [2.75, 3.05) is 19.7 Å². The second-order valence-electron chi connectivity index (χ2n) is 5.78. The highest BCUT2D eigenvalue weighted by Gasteiger charge is 2.28. The van der Waals surface area contributed by atoms with Gasteiger partial charge in [0.25, 0.3) is 5.91 Å². The minimum Gasteiger partial charge on any atom is -0.395 e. The van der Waals surface area contributed by atoms with Crippen LogP contribution in [-0.2, 0) is 0 Å². The van der Waals surface area contributed by atoms with E-state index in [9.17, 15) is 4.79 Å². The van der Waals surface area contributed by atoms with Gasteiger partial charge in [0.1, 0.15) is 0 Å². The van der Waals surface area contributed by atoms with Crippen LogP contribution in [-0.4, -0.2) is 40.6 Å². The zero-order chi connectivity index (χ0) is 15.2. The van der Waals surface area contributed by atoms with Crippen LogP contribution in [0.25, 0.3) is 0 Å². The first-order valence-corrected chi connectivity index (χ1v) is 7.46. The molecule has 0 radical (unpaired) electrons. The van der Waals surface area contributed by atoms with E-state index in [1.807, 2.05) is 4.90 Å². The van der Waals surface area contributed by atoms with Crippen LogP contribution in [0.2, 0.25) is 0 Å². The average molecular weight is 286 g/mol. The van der Waals surface area contributed by atoms with E-state index in [2.05, 4.69) is 30.7 Å². The highest BCUT2D eigenvalue weighted by atomic mass is 16.2. The van der Waals surface area contributed by atoms with Crippen molar-refractivity contribution in [3.63, 3.8) is 0 Å². The molecule has 1 N–H and O–H groups in total. The van der Waals surface area contributed by atoms with Gasteiger partial charge < -0.3 is 10.0 Å². The smallest absolute Gasteiger partial charge is 0.255 e. The molecule has 4 heteroatoms. The Bertz CT molecular complexity index is 557. The highest BCUT2D eigenvalue weighted by Crippen LogP contribution is 2.24. The number of likely N-dealkylation sites (tertiary alicyclic amines) is 1. The number of pyridine rings is 1.